The van der Waals surface area contributed by atoms with Gasteiger partial charge in [0.25, 0.3) is 5.56 Å². The van der Waals surface area contributed by atoms with E-state index in [9.17, 15) is 9.59 Å². The van der Waals surface area contributed by atoms with Crippen LogP contribution in [0.25, 0.3) is 0 Å². The maximum atomic E-state index is 12.6. The Kier molecular flexibility index (Phi) is 5.32. The zero-order valence-corrected chi connectivity index (χ0v) is 13.2. The summed E-state index contributed by atoms with van der Waals surface area (Å²) < 4.78 is 1.53. The minimum Gasteiger partial charge on any atom is -0.324 e. The van der Waals surface area contributed by atoms with Crippen LogP contribution in [-0.4, -0.2) is 10.5 Å². The van der Waals surface area contributed by atoms with Crippen molar-refractivity contribution in [1.29, 1.82) is 5.26 Å². The summed E-state index contributed by atoms with van der Waals surface area (Å²) in [4.78, 5) is 24.8. The van der Waals surface area contributed by atoms with Crippen LogP contribution < -0.4 is 10.9 Å². The number of hydrogen-bond acceptors (Lipinski definition) is 3. The summed E-state index contributed by atoms with van der Waals surface area (Å²) >= 11 is 0. The van der Waals surface area contributed by atoms with Gasteiger partial charge in [0.05, 0.1) is 11.6 Å². The third-order valence-electron chi connectivity index (χ3n) is 3.65. The summed E-state index contributed by atoms with van der Waals surface area (Å²) in [5.74, 6) is -0.229. The van der Waals surface area contributed by atoms with Gasteiger partial charge in [-0.25, -0.2) is 0 Å². The van der Waals surface area contributed by atoms with E-state index >= 15 is 0 Å². The Morgan fingerprint density at radius 2 is 1.96 bits per heavy atom. The van der Waals surface area contributed by atoms with Gasteiger partial charge in [0.2, 0.25) is 5.91 Å². The molecule has 0 radical (unpaired) electrons. The van der Waals surface area contributed by atoms with Gasteiger partial charge in [0.15, 0.2) is 0 Å². The second kappa shape index (κ2) is 7.41. The number of anilines is 1. The fourth-order valence-corrected chi connectivity index (χ4v) is 2.51. The van der Waals surface area contributed by atoms with Gasteiger partial charge in [-0.05, 0) is 43.7 Å². The van der Waals surface area contributed by atoms with Crippen LogP contribution in [0.15, 0.2) is 47.3 Å². The van der Waals surface area contributed by atoms with Gasteiger partial charge in [-0.15, -0.1) is 0 Å². The van der Waals surface area contributed by atoms with E-state index < -0.39 is 6.04 Å². The number of amides is 1. The van der Waals surface area contributed by atoms with E-state index in [1.54, 1.807) is 30.3 Å². The monoisotopic (exact) mass is 309 g/mol. The summed E-state index contributed by atoms with van der Waals surface area (Å²) in [7, 11) is 0. The highest BCUT2D eigenvalue weighted by Crippen LogP contribution is 2.18. The molecule has 0 spiro atoms. The summed E-state index contributed by atoms with van der Waals surface area (Å²) in [6, 6.07) is 13.1. The molecule has 118 valence electrons. The fourth-order valence-electron chi connectivity index (χ4n) is 2.51. The molecule has 0 saturated carbocycles. The Hall–Kier alpha value is -2.87. The predicted molar refractivity (Wildman–Crippen MR) is 89.2 cm³/mol. The summed E-state index contributed by atoms with van der Waals surface area (Å²) in [6.45, 7) is 3.80. The molecule has 5 heteroatoms. The standard InChI is InChI=1S/C18H19N3O2/c1-3-5-16(21-13(2)6-4-7-17(21)22)18(23)20-15-10-8-14(12-19)9-11-15/h4,6-11,16H,3,5H2,1-2H3,(H,20,23). The number of nitrogens with one attached hydrogen (secondary N) is 1. The normalized spacial score (nSPS) is 11.5. The van der Waals surface area contributed by atoms with Crippen LogP contribution in [0.4, 0.5) is 5.69 Å². The van der Waals surface area contributed by atoms with Gasteiger partial charge in [0, 0.05) is 17.4 Å². The number of hydrogen-bond donors (Lipinski definition) is 1. The van der Waals surface area contributed by atoms with Crippen LogP contribution in [0.5, 0.6) is 0 Å². The summed E-state index contributed by atoms with van der Waals surface area (Å²) in [5.41, 5.74) is 1.71. The molecule has 0 aliphatic rings. The first-order chi connectivity index (χ1) is 11.1. The SMILES string of the molecule is CCCC(C(=O)Nc1ccc(C#N)cc1)n1c(C)cccc1=O. The lowest BCUT2D eigenvalue weighted by molar-refractivity contribution is -0.119. The topological polar surface area (TPSA) is 74.9 Å². The second-order valence-electron chi connectivity index (χ2n) is 5.36. The lowest BCUT2D eigenvalue weighted by Gasteiger charge is -2.21. The van der Waals surface area contributed by atoms with E-state index in [-0.39, 0.29) is 11.5 Å². The maximum absolute atomic E-state index is 12.6. The van der Waals surface area contributed by atoms with Crippen molar-refractivity contribution in [3.63, 3.8) is 0 Å². The molecule has 0 aliphatic heterocycles. The predicted octanol–water partition coefficient (Wildman–Crippen LogP) is 3.01. The zero-order chi connectivity index (χ0) is 16.8. The average Bonchev–Trinajstić information content (AvgIpc) is 2.54. The molecule has 1 amide bonds. The largest absolute Gasteiger partial charge is 0.324 e. The lowest BCUT2D eigenvalue weighted by atomic mass is 10.1. The molecule has 5 nitrogen and oxygen atoms in total. The van der Waals surface area contributed by atoms with Gasteiger partial charge >= 0.3 is 0 Å². The fraction of sp³-hybridized carbons (Fsp3) is 0.278. The van der Waals surface area contributed by atoms with Crippen LogP contribution in [0.3, 0.4) is 0 Å². The highest BCUT2D eigenvalue weighted by Gasteiger charge is 2.21. The van der Waals surface area contributed by atoms with Crippen molar-refractivity contribution >= 4 is 11.6 Å². The number of nitrogens with zero attached hydrogens (tertiary/aromatic N) is 2. The smallest absolute Gasteiger partial charge is 0.251 e. The molecule has 0 saturated heterocycles. The third-order valence-corrected chi connectivity index (χ3v) is 3.65. The quantitative estimate of drug-likeness (QED) is 0.922. The lowest BCUT2D eigenvalue weighted by Crippen LogP contribution is -2.34. The maximum Gasteiger partial charge on any atom is 0.251 e. The van der Waals surface area contributed by atoms with Crippen molar-refractivity contribution in [2.24, 2.45) is 0 Å². The van der Waals surface area contributed by atoms with Gasteiger partial charge < -0.3 is 9.88 Å². The van der Waals surface area contributed by atoms with E-state index in [2.05, 4.69) is 5.32 Å². The Morgan fingerprint density at radius 1 is 1.26 bits per heavy atom. The Morgan fingerprint density at radius 3 is 2.52 bits per heavy atom. The molecule has 0 aliphatic carbocycles. The molecule has 1 heterocycles. The van der Waals surface area contributed by atoms with E-state index in [0.29, 0.717) is 17.7 Å². The van der Waals surface area contributed by atoms with Crippen LogP contribution >= 0.6 is 0 Å². The van der Waals surface area contributed by atoms with Crippen molar-refractivity contribution in [2.75, 3.05) is 5.32 Å². The molecule has 23 heavy (non-hydrogen) atoms. The first-order valence-electron chi connectivity index (χ1n) is 7.56. The number of aryl methyl sites for hydroxylation is 1. The average molecular weight is 309 g/mol. The molecule has 1 aromatic heterocycles. The first-order valence-corrected chi connectivity index (χ1v) is 7.56. The van der Waals surface area contributed by atoms with Crippen LogP contribution in [-0.2, 0) is 4.79 Å². The first kappa shape index (κ1) is 16.5. The van der Waals surface area contributed by atoms with Crippen molar-refractivity contribution in [2.45, 2.75) is 32.7 Å². The number of benzene rings is 1. The molecule has 1 atom stereocenters. The number of aromatic nitrogens is 1. The minimum atomic E-state index is -0.552. The molecular formula is C18H19N3O2. The number of nitriles is 1. The zero-order valence-electron chi connectivity index (χ0n) is 13.2. The van der Waals surface area contributed by atoms with Crippen LogP contribution in [0.2, 0.25) is 0 Å². The van der Waals surface area contributed by atoms with Gasteiger partial charge in [-0.1, -0.05) is 19.4 Å². The Balaban J connectivity index is 2.28. The van der Waals surface area contributed by atoms with Crippen molar-refractivity contribution in [3.8, 4) is 6.07 Å². The van der Waals surface area contributed by atoms with E-state index in [4.69, 9.17) is 5.26 Å². The summed E-state index contributed by atoms with van der Waals surface area (Å²) in [6.07, 6.45) is 1.36. The van der Waals surface area contributed by atoms with Crippen molar-refractivity contribution in [3.05, 3.63) is 64.1 Å². The molecule has 2 rings (SSSR count). The molecular weight excluding hydrogens is 290 g/mol. The summed E-state index contributed by atoms with van der Waals surface area (Å²) in [5, 5.41) is 11.6. The molecule has 1 unspecified atom stereocenters. The molecule has 0 fully saturated rings. The Bertz CT molecular complexity index is 785. The third kappa shape index (κ3) is 3.86. The van der Waals surface area contributed by atoms with Crippen molar-refractivity contribution < 1.29 is 4.79 Å². The number of rotatable bonds is 5. The van der Waals surface area contributed by atoms with Gasteiger partial charge in [-0.3, -0.25) is 9.59 Å². The number of carbonyl (C=O) groups is 1. The van der Waals surface area contributed by atoms with Crippen molar-refractivity contribution in [1.82, 2.24) is 4.57 Å². The number of pyridine rings is 1. The van der Waals surface area contributed by atoms with E-state index in [1.165, 1.54) is 10.6 Å². The molecule has 1 aromatic carbocycles. The van der Waals surface area contributed by atoms with E-state index in [0.717, 1.165) is 12.1 Å². The molecule has 2 aromatic rings. The van der Waals surface area contributed by atoms with E-state index in [1.807, 2.05) is 26.0 Å². The molecule has 1 N–H and O–H groups in total. The highest BCUT2D eigenvalue weighted by atomic mass is 16.2. The minimum absolute atomic E-state index is 0.182. The second-order valence-corrected chi connectivity index (χ2v) is 5.36. The number of carbonyl (C=O) groups excluding carboxylic acids is 1. The van der Waals surface area contributed by atoms with Crippen LogP contribution in [0, 0.1) is 18.3 Å². The Labute approximate surface area is 135 Å². The molecule has 0 bridgehead atoms. The van der Waals surface area contributed by atoms with Gasteiger partial charge in [-0.2, -0.15) is 5.26 Å². The van der Waals surface area contributed by atoms with Crippen LogP contribution in [0.1, 0.15) is 37.1 Å². The highest BCUT2D eigenvalue weighted by molar-refractivity contribution is 5.93. The van der Waals surface area contributed by atoms with Gasteiger partial charge in [0.1, 0.15) is 6.04 Å².